The minimum Gasteiger partial charge on any atom is -0.480 e. The summed E-state index contributed by atoms with van der Waals surface area (Å²) in [6, 6.07) is -0.179. The van der Waals surface area contributed by atoms with Crippen LogP contribution in [0.5, 0.6) is 0 Å². The largest absolute Gasteiger partial charge is 0.480 e. The zero-order chi connectivity index (χ0) is 13.7. The Kier molecular flexibility index (Phi) is 5.40. The van der Waals surface area contributed by atoms with Gasteiger partial charge < -0.3 is 20.6 Å². The van der Waals surface area contributed by atoms with Gasteiger partial charge in [0.15, 0.2) is 0 Å². The summed E-state index contributed by atoms with van der Waals surface area (Å²) in [6.45, 7) is 6.06. The highest BCUT2D eigenvalue weighted by Gasteiger charge is 2.29. The van der Waals surface area contributed by atoms with Gasteiger partial charge in [-0.25, -0.2) is 4.79 Å². The highest BCUT2D eigenvalue weighted by Crippen LogP contribution is 2.17. The molecule has 0 aromatic carbocycles. The fourth-order valence-corrected chi connectivity index (χ4v) is 2.21. The van der Waals surface area contributed by atoms with E-state index in [1.165, 1.54) is 4.90 Å². The van der Waals surface area contributed by atoms with Crippen LogP contribution >= 0.6 is 0 Å². The van der Waals surface area contributed by atoms with E-state index in [0.29, 0.717) is 32.1 Å². The summed E-state index contributed by atoms with van der Waals surface area (Å²) in [5.74, 6) is -0.376. The maximum Gasteiger partial charge on any atom is 0.323 e. The molecule has 18 heavy (non-hydrogen) atoms. The van der Waals surface area contributed by atoms with Crippen LogP contribution in [0.2, 0.25) is 0 Å². The van der Waals surface area contributed by atoms with Gasteiger partial charge in [-0.05, 0) is 24.8 Å². The summed E-state index contributed by atoms with van der Waals surface area (Å²) >= 11 is 0. The monoisotopic (exact) mass is 257 g/mol. The topological polar surface area (TPSA) is 86.9 Å². The number of carboxylic acids is 1. The first kappa shape index (κ1) is 14.8. The molecule has 1 atom stereocenters. The van der Waals surface area contributed by atoms with Gasteiger partial charge in [-0.15, -0.1) is 0 Å². The number of hydrogen-bond donors (Lipinski definition) is 2. The van der Waals surface area contributed by atoms with Crippen molar-refractivity contribution in [2.45, 2.75) is 20.3 Å². The van der Waals surface area contributed by atoms with Crippen LogP contribution < -0.4 is 5.73 Å². The quantitative estimate of drug-likeness (QED) is 0.747. The summed E-state index contributed by atoms with van der Waals surface area (Å²) in [6.07, 6.45) is 0.908. The second-order valence-electron chi connectivity index (χ2n) is 5.29. The smallest absolute Gasteiger partial charge is 0.323 e. The zero-order valence-electron chi connectivity index (χ0n) is 11.1. The number of nitrogens with two attached hydrogens (primary N) is 1. The zero-order valence-corrected chi connectivity index (χ0v) is 11.1. The predicted octanol–water partition coefficient (Wildman–Crippen LogP) is 0.430. The van der Waals surface area contributed by atoms with E-state index in [1.807, 2.05) is 13.8 Å². The lowest BCUT2D eigenvalue weighted by molar-refractivity contribution is -0.137. The molecule has 6 heteroatoms. The van der Waals surface area contributed by atoms with Crippen LogP contribution in [0, 0.1) is 11.8 Å². The van der Waals surface area contributed by atoms with Crippen LogP contribution in [-0.2, 0) is 4.79 Å². The molecule has 0 aliphatic carbocycles. The van der Waals surface area contributed by atoms with Gasteiger partial charge in [-0.1, -0.05) is 13.8 Å². The molecule has 0 aromatic heterocycles. The van der Waals surface area contributed by atoms with Crippen molar-refractivity contribution >= 4 is 12.0 Å². The van der Waals surface area contributed by atoms with Gasteiger partial charge in [0.25, 0.3) is 0 Å². The molecule has 1 rings (SSSR count). The van der Waals surface area contributed by atoms with Crippen molar-refractivity contribution < 1.29 is 14.7 Å². The molecular formula is C12H23N3O3. The minimum atomic E-state index is -0.974. The van der Waals surface area contributed by atoms with Crippen LogP contribution in [0.3, 0.4) is 0 Å². The van der Waals surface area contributed by atoms with Gasteiger partial charge in [-0.2, -0.15) is 0 Å². The highest BCUT2D eigenvalue weighted by atomic mass is 16.4. The minimum absolute atomic E-state index is 0.179. The first-order valence-electron chi connectivity index (χ1n) is 6.39. The summed E-state index contributed by atoms with van der Waals surface area (Å²) in [7, 11) is 0. The number of rotatable bonds is 5. The fraction of sp³-hybridized carbons (Fsp3) is 0.833. The van der Waals surface area contributed by atoms with E-state index in [-0.39, 0.29) is 18.5 Å². The summed E-state index contributed by atoms with van der Waals surface area (Å²) in [5, 5.41) is 8.85. The molecule has 0 aromatic rings. The number of carbonyl (C=O) groups is 2. The molecule has 2 amide bonds. The normalized spacial score (nSPS) is 19.3. The average molecular weight is 257 g/mol. The molecule has 0 saturated carbocycles. The number of carboxylic acid groups (broad SMARTS) is 1. The Morgan fingerprint density at radius 1 is 1.50 bits per heavy atom. The van der Waals surface area contributed by atoms with E-state index in [2.05, 4.69) is 0 Å². The molecule has 1 aliphatic heterocycles. The van der Waals surface area contributed by atoms with E-state index in [4.69, 9.17) is 10.8 Å². The lowest BCUT2D eigenvalue weighted by atomic mass is 10.1. The predicted molar refractivity (Wildman–Crippen MR) is 68.2 cm³/mol. The van der Waals surface area contributed by atoms with E-state index >= 15 is 0 Å². The SMILES string of the molecule is CC(C)CN(CC(=O)O)C(=O)N1CCC(CN)C1. The number of urea groups is 1. The Morgan fingerprint density at radius 2 is 2.17 bits per heavy atom. The van der Waals surface area contributed by atoms with Crippen LogP contribution in [-0.4, -0.2) is 59.6 Å². The van der Waals surface area contributed by atoms with Gasteiger partial charge in [0.2, 0.25) is 0 Å². The number of hydrogen-bond acceptors (Lipinski definition) is 3. The Balaban J connectivity index is 2.61. The van der Waals surface area contributed by atoms with Crippen molar-refractivity contribution in [3.05, 3.63) is 0 Å². The molecule has 1 saturated heterocycles. The molecular weight excluding hydrogens is 234 g/mol. The van der Waals surface area contributed by atoms with Crippen molar-refractivity contribution in [3.8, 4) is 0 Å². The Labute approximate surface area is 108 Å². The third-order valence-corrected chi connectivity index (χ3v) is 3.07. The summed E-state index contributed by atoms with van der Waals surface area (Å²) < 4.78 is 0. The van der Waals surface area contributed by atoms with E-state index in [0.717, 1.165) is 6.42 Å². The summed E-state index contributed by atoms with van der Waals surface area (Å²) in [4.78, 5) is 26.1. The molecule has 1 heterocycles. The maximum atomic E-state index is 12.2. The molecule has 0 spiro atoms. The van der Waals surface area contributed by atoms with E-state index < -0.39 is 5.97 Å². The van der Waals surface area contributed by atoms with Gasteiger partial charge in [0.05, 0.1) is 0 Å². The third kappa shape index (κ3) is 4.18. The first-order chi connectivity index (χ1) is 8.43. The molecule has 0 bridgehead atoms. The molecule has 6 nitrogen and oxygen atoms in total. The van der Waals surface area contributed by atoms with Crippen molar-refractivity contribution in [2.24, 2.45) is 17.6 Å². The number of amides is 2. The lowest BCUT2D eigenvalue weighted by Gasteiger charge is -2.28. The van der Waals surface area contributed by atoms with Crippen LogP contribution in [0.15, 0.2) is 0 Å². The van der Waals surface area contributed by atoms with Crippen molar-refractivity contribution in [1.82, 2.24) is 9.80 Å². The number of carbonyl (C=O) groups excluding carboxylic acids is 1. The van der Waals surface area contributed by atoms with E-state index in [1.54, 1.807) is 4.90 Å². The standard InChI is InChI=1S/C12H23N3O3/c1-9(2)6-15(8-11(16)17)12(18)14-4-3-10(5-13)7-14/h9-10H,3-8,13H2,1-2H3,(H,16,17). The highest BCUT2D eigenvalue weighted by molar-refractivity contribution is 5.80. The van der Waals surface area contributed by atoms with Crippen LogP contribution in [0.25, 0.3) is 0 Å². The molecule has 0 radical (unpaired) electrons. The molecule has 1 unspecified atom stereocenters. The van der Waals surface area contributed by atoms with Gasteiger partial charge in [-0.3, -0.25) is 4.79 Å². The summed E-state index contributed by atoms with van der Waals surface area (Å²) in [5.41, 5.74) is 5.59. The molecule has 1 aliphatic rings. The maximum absolute atomic E-state index is 12.2. The first-order valence-corrected chi connectivity index (χ1v) is 6.39. The Bertz CT molecular complexity index is 307. The van der Waals surface area contributed by atoms with Gasteiger partial charge >= 0.3 is 12.0 Å². The lowest BCUT2D eigenvalue weighted by Crippen LogP contribution is -2.46. The number of likely N-dealkylation sites (tertiary alicyclic amines) is 1. The van der Waals surface area contributed by atoms with Crippen LogP contribution in [0.4, 0.5) is 4.79 Å². The van der Waals surface area contributed by atoms with Crippen molar-refractivity contribution in [1.29, 1.82) is 0 Å². The Morgan fingerprint density at radius 3 is 2.61 bits per heavy atom. The van der Waals surface area contributed by atoms with Gasteiger partial charge in [0.1, 0.15) is 6.54 Å². The average Bonchev–Trinajstić information content (AvgIpc) is 2.74. The van der Waals surface area contributed by atoms with E-state index in [9.17, 15) is 9.59 Å². The second-order valence-corrected chi connectivity index (χ2v) is 5.29. The number of nitrogens with zero attached hydrogens (tertiary/aromatic N) is 2. The second kappa shape index (κ2) is 6.58. The Hall–Kier alpha value is -1.30. The molecule has 3 N–H and O–H groups in total. The van der Waals surface area contributed by atoms with Gasteiger partial charge in [0, 0.05) is 19.6 Å². The molecule has 1 fully saturated rings. The van der Waals surface area contributed by atoms with Crippen LogP contribution in [0.1, 0.15) is 20.3 Å². The number of aliphatic carboxylic acids is 1. The molecule has 104 valence electrons. The van der Waals surface area contributed by atoms with Crippen molar-refractivity contribution in [3.63, 3.8) is 0 Å². The third-order valence-electron chi connectivity index (χ3n) is 3.07. The van der Waals surface area contributed by atoms with Crippen molar-refractivity contribution in [2.75, 3.05) is 32.7 Å². The fourth-order valence-electron chi connectivity index (χ4n) is 2.21.